The van der Waals surface area contributed by atoms with Gasteiger partial charge in [0.05, 0.1) is 12.2 Å². The Bertz CT molecular complexity index is 480. The zero-order valence-electron chi connectivity index (χ0n) is 12.7. The fraction of sp³-hybridized carbons (Fsp3) is 0.800. The van der Waals surface area contributed by atoms with E-state index in [1.165, 1.54) is 19.3 Å². The van der Waals surface area contributed by atoms with E-state index in [2.05, 4.69) is 27.9 Å². The molecule has 1 aliphatic heterocycles. The summed E-state index contributed by atoms with van der Waals surface area (Å²) in [6, 6.07) is 0.657. The van der Waals surface area contributed by atoms with Gasteiger partial charge in [-0.25, -0.2) is 4.68 Å². The van der Waals surface area contributed by atoms with E-state index in [1.807, 2.05) is 4.68 Å². The molecule has 1 aromatic rings. The van der Waals surface area contributed by atoms with E-state index in [9.17, 15) is 4.79 Å². The summed E-state index contributed by atoms with van der Waals surface area (Å²) < 4.78 is 1.86. The summed E-state index contributed by atoms with van der Waals surface area (Å²) in [6.07, 6.45) is 8.66. The molecule has 1 aliphatic carbocycles. The molecule has 2 atom stereocenters. The van der Waals surface area contributed by atoms with E-state index in [4.69, 9.17) is 0 Å². The second kappa shape index (κ2) is 6.56. The van der Waals surface area contributed by atoms with E-state index in [0.29, 0.717) is 17.7 Å². The number of aromatic nitrogens is 3. The van der Waals surface area contributed by atoms with Crippen molar-refractivity contribution in [1.29, 1.82) is 0 Å². The largest absolute Gasteiger partial charge is 0.348 e. The predicted octanol–water partition coefficient (Wildman–Crippen LogP) is 1.51. The lowest BCUT2D eigenvalue weighted by molar-refractivity contribution is 0.0905. The third-order valence-electron chi connectivity index (χ3n) is 4.85. The fourth-order valence-corrected chi connectivity index (χ4v) is 3.40. The molecule has 0 bridgehead atoms. The predicted molar refractivity (Wildman–Crippen MR) is 80.0 cm³/mol. The van der Waals surface area contributed by atoms with Crippen molar-refractivity contribution in [3.05, 3.63) is 11.9 Å². The van der Waals surface area contributed by atoms with Gasteiger partial charge in [-0.3, -0.25) is 4.79 Å². The summed E-state index contributed by atoms with van der Waals surface area (Å²) in [5, 5.41) is 14.7. The van der Waals surface area contributed by atoms with Crippen LogP contribution in [0.1, 0.15) is 62.0 Å². The first-order chi connectivity index (χ1) is 10.2. The number of carbonyl (C=O) groups excluding carboxylic acids is 1. The van der Waals surface area contributed by atoms with E-state index < -0.39 is 0 Å². The lowest BCUT2D eigenvalue weighted by Gasteiger charge is -2.29. The molecule has 1 saturated heterocycles. The van der Waals surface area contributed by atoms with E-state index in [-0.39, 0.29) is 11.9 Å². The first-order valence-electron chi connectivity index (χ1n) is 8.17. The van der Waals surface area contributed by atoms with Crippen molar-refractivity contribution in [2.75, 3.05) is 13.1 Å². The number of carbonyl (C=O) groups is 1. The molecule has 0 radical (unpaired) electrons. The summed E-state index contributed by atoms with van der Waals surface area (Å²) in [6.45, 7) is 4.23. The quantitative estimate of drug-likeness (QED) is 0.885. The van der Waals surface area contributed by atoms with Crippen LogP contribution in [0.4, 0.5) is 0 Å². The molecule has 3 rings (SSSR count). The number of nitrogens with zero attached hydrogens (tertiary/aromatic N) is 3. The van der Waals surface area contributed by atoms with Gasteiger partial charge in [0.25, 0.3) is 5.91 Å². The van der Waals surface area contributed by atoms with Gasteiger partial charge in [0, 0.05) is 6.04 Å². The Hall–Kier alpha value is -1.43. The number of rotatable bonds is 3. The zero-order chi connectivity index (χ0) is 14.7. The minimum absolute atomic E-state index is 0.0751. The third-order valence-corrected chi connectivity index (χ3v) is 4.85. The molecule has 1 saturated carbocycles. The topological polar surface area (TPSA) is 71.8 Å². The van der Waals surface area contributed by atoms with Crippen LogP contribution in [0.2, 0.25) is 0 Å². The normalized spacial score (nSPS) is 27.5. The number of hydrogen-bond donors (Lipinski definition) is 2. The van der Waals surface area contributed by atoms with Crippen LogP contribution in [0, 0.1) is 5.92 Å². The van der Waals surface area contributed by atoms with Crippen molar-refractivity contribution in [3.8, 4) is 0 Å². The highest BCUT2D eigenvalue weighted by atomic mass is 16.2. The van der Waals surface area contributed by atoms with Crippen molar-refractivity contribution in [2.45, 2.75) is 57.5 Å². The third kappa shape index (κ3) is 3.43. The van der Waals surface area contributed by atoms with Gasteiger partial charge >= 0.3 is 0 Å². The molecule has 1 amide bonds. The number of nitrogens with one attached hydrogen (secondary N) is 2. The molecule has 21 heavy (non-hydrogen) atoms. The molecule has 2 N–H and O–H groups in total. The first-order valence-corrected chi connectivity index (χ1v) is 8.17. The van der Waals surface area contributed by atoms with Crippen molar-refractivity contribution < 1.29 is 4.79 Å². The van der Waals surface area contributed by atoms with E-state index in [1.54, 1.807) is 6.20 Å². The number of piperidine rings is 1. The molecule has 2 aliphatic rings. The summed E-state index contributed by atoms with van der Waals surface area (Å²) in [7, 11) is 0. The SMILES string of the molecule is CC1CCCCC1NC(=O)c1cn(C2CCNCC2)nn1. The van der Waals surface area contributed by atoms with Crippen LogP contribution < -0.4 is 10.6 Å². The van der Waals surface area contributed by atoms with Gasteiger partial charge in [-0.15, -0.1) is 5.10 Å². The Morgan fingerprint density at radius 3 is 2.81 bits per heavy atom. The molecule has 1 aromatic heterocycles. The Kier molecular flexibility index (Phi) is 4.53. The molecule has 2 fully saturated rings. The van der Waals surface area contributed by atoms with Crippen LogP contribution >= 0.6 is 0 Å². The molecular formula is C15H25N5O. The molecule has 6 nitrogen and oxygen atoms in total. The average Bonchev–Trinajstić information content (AvgIpc) is 3.00. The highest BCUT2D eigenvalue weighted by molar-refractivity contribution is 5.92. The summed E-state index contributed by atoms with van der Waals surface area (Å²) >= 11 is 0. The molecular weight excluding hydrogens is 266 g/mol. The van der Waals surface area contributed by atoms with Gasteiger partial charge < -0.3 is 10.6 Å². The second-order valence-corrected chi connectivity index (χ2v) is 6.41. The minimum Gasteiger partial charge on any atom is -0.348 e. The van der Waals surface area contributed by atoms with Gasteiger partial charge in [0.15, 0.2) is 5.69 Å². The Morgan fingerprint density at radius 2 is 2.05 bits per heavy atom. The van der Waals surface area contributed by atoms with Crippen molar-refractivity contribution in [1.82, 2.24) is 25.6 Å². The van der Waals surface area contributed by atoms with E-state index in [0.717, 1.165) is 32.4 Å². The molecule has 0 spiro atoms. The molecule has 2 unspecified atom stereocenters. The van der Waals surface area contributed by atoms with Gasteiger partial charge in [-0.1, -0.05) is 25.0 Å². The molecule has 6 heteroatoms. The van der Waals surface area contributed by atoms with Crippen molar-refractivity contribution in [2.24, 2.45) is 5.92 Å². The highest BCUT2D eigenvalue weighted by Gasteiger charge is 2.25. The average molecular weight is 291 g/mol. The highest BCUT2D eigenvalue weighted by Crippen LogP contribution is 2.24. The summed E-state index contributed by atoms with van der Waals surface area (Å²) in [5.41, 5.74) is 0.450. The van der Waals surface area contributed by atoms with Gasteiger partial charge in [-0.2, -0.15) is 0 Å². The standard InChI is InChI=1S/C15H25N5O/c1-11-4-2-3-5-13(11)17-15(21)14-10-20(19-18-14)12-6-8-16-9-7-12/h10-13,16H,2-9H2,1H3,(H,17,21). The molecule has 116 valence electrons. The monoisotopic (exact) mass is 291 g/mol. The van der Waals surface area contributed by atoms with Crippen LogP contribution in [0.25, 0.3) is 0 Å². The zero-order valence-corrected chi connectivity index (χ0v) is 12.7. The van der Waals surface area contributed by atoms with Gasteiger partial charge in [0.1, 0.15) is 0 Å². The Labute approximate surface area is 125 Å². The maximum absolute atomic E-state index is 12.3. The van der Waals surface area contributed by atoms with Crippen LogP contribution in [0.5, 0.6) is 0 Å². The number of amides is 1. The van der Waals surface area contributed by atoms with Crippen LogP contribution in [-0.4, -0.2) is 40.0 Å². The van der Waals surface area contributed by atoms with Crippen molar-refractivity contribution in [3.63, 3.8) is 0 Å². The smallest absolute Gasteiger partial charge is 0.273 e. The summed E-state index contributed by atoms with van der Waals surface area (Å²) in [4.78, 5) is 12.3. The maximum atomic E-state index is 12.3. The maximum Gasteiger partial charge on any atom is 0.273 e. The van der Waals surface area contributed by atoms with Crippen LogP contribution in [0.15, 0.2) is 6.20 Å². The van der Waals surface area contributed by atoms with Crippen molar-refractivity contribution >= 4 is 5.91 Å². The lowest BCUT2D eigenvalue weighted by atomic mass is 9.86. The lowest BCUT2D eigenvalue weighted by Crippen LogP contribution is -2.41. The summed E-state index contributed by atoms with van der Waals surface area (Å²) in [5.74, 6) is 0.482. The Morgan fingerprint density at radius 1 is 1.29 bits per heavy atom. The fourth-order valence-electron chi connectivity index (χ4n) is 3.40. The van der Waals surface area contributed by atoms with Crippen LogP contribution in [0.3, 0.4) is 0 Å². The molecule has 2 heterocycles. The minimum atomic E-state index is -0.0751. The van der Waals surface area contributed by atoms with Gasteiger partial charge in [-0.05, 0) is 44.7 Å². The Balaban J connectivity index is 1.60. The first kappa shape index (κ1) is 14.5. The van der Waals surface area contributed by atoms with Crippen LogP contribution in [-0.2, 0) is 0 Å². The number of hydrogen-bond acceptors (Lipinski definition) is 4. The second-order valence-electron chi connectivity index (χ2n) is 6.41. The molecule has 0 aromatic carbocycles. The van der Waals surface area contributed by atoms with E-state index >= 15 is 0 Å². The van der Waals surface area contributed by atoms with Gasteiger partial charge in [0.2, 0.25) is 0 Å².